The first-order valence-electron chi connectivity index (χ1n) is 6.09. The summed E-state index contributed by atoms with van der Waals surface area (Å²) in [4.78, 5) is 19.5. The zero-order valence-electron chi connectivity index (χ0n) is 11.6. The maximum absolute atomic E-state index is 11.7. The third-order valence-corrected chi connectivity index (χ3v) is 2.83. The van der Waals surface area contributed by atoms with E-state index in [0.29, 0.717) is 5.95 Å². The normalized spacial score (nSPS) is 10.8. The van der Waals surface area contributed by atoms with Gasteiger partial charge < -0.3 is 0 Å². The van der Waals surface area contributed by atoms with Gasteiger partial charge in [-0.3, -0.25) is 20.3 Å². The number of nitrogens with one attached hydrogen (secondary N) is 2. The second kappa shape index (κ2) is 5.96. The topological polar surface area (TPSA) is 84.7 Å². The van der Waals surface area contributed by atoms with Crippen molar-refractivity contribution in [2.75, 3.05) is 5.43 Å². The van der Waals surface area contributed by atoms with Crippen molar-refractivity contribution in [2.24, 2.45) is 7.05 Å². The first-order chi connectivity index (χ1) is 9.58. The van der Waals surface area contributed by atoms with E-state index in [0.717, 1.165) is 17.0 Å². The molecule has 0 aromatic carbocycles. The summed E-state index contributed by atoms with van der Waals surface area (Å²) in [5.74, 6) is 0.0445. The van der Waals surface area contributed by atoms with Gasteiger partial charge in [-0.2, -0.15) is 5.10 Å². The Balaban J connectivity index is 1.96. The smallest absolute Gasteiger partial charge is 0.262 e. The van der Waals surface area contributed by atoms with Crippen LogP contribution in [-0.2, 0) is 11.8 Å². The molecule has 2 N–H and O–H groups in total. The molecule has 7 nitrogen and oxygen atoms in total. The fourth-order valence-electron chi connectivity index (χ4n) is 1.71. The van der Waals surface area contributed by atoms with Crippen LogP contribution in [0.25, 0.3) is 6.08 Å². The number of carbonyl (C=O) groups is 1. The van der Waals surface area contributed by atoms with Crippen molar-refractivity contribution in [1.82, 2.24) is 25.2 Å². The summed E-state index contributed by atoms with van der Waals surface area (Å²) in [6, 6.07) is 1.70. The van der Waals surface area contributed by atoms with Crippen molar-refractivity contribution in [1.29, 1.82) is 0 Å². The highest BCUT2D eigenvalue weighted by Crippen LogP contribution is 2.13. The van der Waals surface area contributed by atoms with Gasteiger partial charge in [-0.05, 0) is 26.0 Å². The third kappa shape index (κ3) is 3.19. The molecule has 20 heavy (non-hydrogen) atoms. The second-order valence-corrected chi connectivity index (χ2v) is 4.23. The molecule has 2 rings (SSSR count). The van der Waals surface area contributed by atoms with Crippen LogP contribution < -0.4 is 10.9 Å². The second-order valence-electron chi connectivity index (χ2n) is 4.23. The van der Waals surface area contributed by atoms with Crippen LogP contribution in [-0.4, -0.2) is 25.7 Å². The van der Waals surface area contributed by atoms with E-state index in [4.69, 9.17) is 0 Å². The van der Waals surface area contributed by atoms with E-state index in [2.05, 4.69) is 25.9 Å². The molecule has 2 heterocycles. The molecule has 0 saturated carbocycles. The van der Waals surface area contributed by atoms with Crippen LogP contribution >= 0.6 is 0 Å². The Morgan fingerprint density at radius 1 is 1.30 bits per heavy atom. The van der Waals surface area contributed by atoms with Crippen molar-refractivity contribution < 1.29 is 4.79 Å². The van der Waals surface area contributed by atoms with Crippen LogP contribution in [0.5, 0.6) is 0 Å². The predicted octanol–water partition coefficient (Wildman–Crippen LogP) is 0.983. The zero-order chi connectivity index (χ0) is 14.5. The summed E-state index contributed by atoms with van der Waals surface area (Å²) >= 11 is 0. The molecule has 7 heteroatoms. The predicted molar refractivity (Wildman–Crippen MR) is 75.5 cm³/mol. The van der Waals surface area contributed by atoms with Crippen molar-refractivity contribution in [3.05, 3.63) is 41.5 Å². The van der Waals surface area contributed by atoms with Crippen LogP contribution in [0.4, 0.5) is 5.95 Å². The van der Waals surface area contributed by atoms with E-state index >= 15 is 0 Å². The summed E-state index contributed by atoms with van der Waals surface area (Å²) in [5, 5.41) is 4.28. The molecule has 0 saturated heterocycles. The molecular weight excluding hydrogens is 256 g/mol. The SMILES string of the molecule is Cc1nn(C)c(C)c1/C=C/C(=O)NNc1ncccn1. The van der Waals surface area contributed by atoms with Gasteiger partial charge in [-0.25, -0.2) is 9.97 Å². The molecule has 0 unspecified atom stereocenters. The minimum absolute atomic E-state index is 0.292. The molecule has 0 aliphatic heterocycles. The van der Waals surface area contributed by atoms with Crippen LogP contribution in [0.3, 0.4) is 0 Å². The Bertz CT molecular complexity index is 632. The van der Waals surface area contributed by atoms with Gasteiger partial charge in [0.2, 0.25) is 5.95 Å². The van der Waals surface area contributed by atoms with Crippen molar-refractivity contribution in [3.63, 3.8) is 0 Å². The largest absolute Gasteiger partial charge is 0.272 e. The molecule has 2 aromatic rings. The molecule has 0 atom stereocenters. The fraction of sp³-hybridized carbons (Fsp3) is 0.231. The molecule has 104 valence electrons. The Morgan fingerprint density at radius 3 is 2.60 bits per heavy atom. The highest BCUT2D eigenvalue weighted by molar-refractivity contribution is 5.92. The number of aryl methyl sites for hydroxylation is 2. The average molecular weight is 272 g/mol. The van der Waals surface area contributed by atoms with Crippen LogP contribution in [0.2, 0.25) is 0 Å². The quantitative estimate of drug-likeness (QED) is 0.640. The summed E-state index contributed by atoms with van der Waals surface area (Å²) < 4.78 is 1.78. The van der Waals surface area contributed by atoms with Gasteiger partial charge in [0.25, 0.3) is 5.91 Å². The Morgan fingerprint density at radius 2 is 2.00 bits per heavy atom. The lowest BCUT2D eigenvalue weighted by molar-refractivity contribution is -0.116. The lowest BCUT2D eigenvalue weighted by Crippen LogP contribution is -2.28. The molecule has 0 aliphatic carbocycles. The number of amides is 1. The first-order valence-corrected chi connectivity index (χ1v) is 6.09. The summed E-state index contributed by atoms with van der Waals surface area (Å²) in [6.07, 6.45) is 6.34. The van der Waals surface area contributed by atoms with Gasteiger partial charge in [0.1, 0.15) is 0 Å². The number of hydrogen-bond acceptors (Lipinski definition) is 5. The number of hydrazine groups is 1. The van der Waals surface area contributed by atoms with Gasteiger partial charge in [-0.1, -0.05) is 0 Å². The van der Waals surface area contributed by atoms with Gasteiger partial charge in [0.05, 0.1) is 5.69 Å². The first kappa shape index (κ1) is 13.7. The lowest BCUT2D eigenvalue weighted by atomic mass is 10.2. The number of hydrogen-bond donors (Lipinski definition) is 2. The Kier molecular flexibility index (Phi) is 4.09. The van der Waals surface area contributed by atoms with E-state index in [9.17, 15) is 4.79 Å². The Hall–Kier alpha value is -2.70. The van der Waals surface area contributed by atoms with E-state index in [1.165, 1.54) is 6.08 Å². The monoisotopic (exact) mass is 272 g/mol. The molecule has 1 amide bonds. The van der Waals surface area contributed by atoms with Crippen molar-refractivity contribution in [2.45, 2.75) is 13.8 Å². The number of aromatic nitrogens is 4. The van der Waals surface area contributed by atoms with Crippen LogP contribution in [0, 0.1) is 13.8 Å². The fourth-order valence-corrected chi connectivity index (χ4v) is 1.71. The Labute approximate surface area is 116 Å². The maximum atomic E-state index is 11.7. The molecule has 0 spiro atoms. The lowest BCUT2D eigenvalue weighted by Gasteiger charge is -2.03. The number of rotatable bonds is 4. The van der Waals surface area contributed by atoms with E-state index in [1.807, 2.05) is 20.9 Å². The minimum atomic E-state index is -0.292. The standard InChI is InChI=1S/C13H16N6O/c1-9-11(10(2)19(3)18-9)5-6-12(20)16-17-13-14-7-4-8-15-13/h4-8H,1-3H3,(H,16,20)(H,14,15,17)/b6-5+. The van der Waals surface area contributed by atoms with Crippen LogP contribution in [0.1, 0.15) is 17.0 Å². The summed E-state index contributed by atoms with van der Waals surface area (Å²) in [7, 11) is 1.87. The molecule has 0 radical (unpaired) electrons. The van der Waals surface area contributed by atoms with Crippen molar-refractivity contribution >= 4 is 17.9 Å². The van der Waals surface area contributed by atoms with Gasteiger partial charge in [0.15, 0.2) is 0 Å². The van der Waals surface area contributed by atoms with E-state index in [1.54, 1.807) is 29.2 Å². The van der Waals surface area contributed by atoms with Crippen LogP contribution in [0.15, 0.2) is 24.5 Å². The summed E-state index contributed by atoms with van der Waals surface area (Å²) in [5.41, 5.74) is 7.94. The molecule has 0 aliphatic rings. The number of carbonyl (C=O) groups excluding carboxylic acids is 1. The molecule has 0 fully saturated rings. The molecule has 2 aromatic heterocycles. The van der Waals surface area contributed by atoms with Gasteiger partial charge in [-0.15, -0.1) is 0 Å². The van der Waals surface area contributed by atoms with Gasteiger partial charge in [0, 0.05) is 36.8 Å². The summed E-state index contributed by atoms with van der Waals surface area (Å²) in [6.45, 7) is 3.86. The highest BCUT2D eigenvalue weighted by Gasteiger charge is 2.06. The third-order valence-electron chi connectivity index (χ3n) is 2.83. The highest BCUT2D eigenvalue weighted by atomic mass is 16.2. The average Bonchev–Trinajstić information content (AvgIpc) is 2.69. The zero-order valence-corrected chi connectivity index (χ0v) is 11.6. The minimum Gasteiger partial charge on any atom is -0.272 e. The number of nitrogens with zero attached hydrogens (tertiary/aromatic N) is 4. The van der Waals surface area contributed by atoms with Crippen molar-refractivity contribution in [3.8, 4) is 0 Å². The number of anilines is 1. The maximum Gasteiger partial charge on any atom is 0.262 e. The molecular formula is C13H16N6O. The van der Waals surface area contributed by atoms with E-state index < -0.39 is 0 Å². The molecule has 0 bridgehead atoms. The van der Waals surface area contributed by atoms with E-state index in [-0.39, 0.29) is 5.91 Å². The van der Waals surface area contributed by atoms with Gasteiger partial charge >= 0.3 is 0 Å².